The predicted molar refractivity (Wildman–Crippen MR) is 105 cm³/mol. The molecule has 0 atom stereocenters. The summed E-state index contributed by atoms with van der Waals surface area (Å²) in [7, 11) is 0. The molecular weight excluding hydrogens is 466 g/mol. The molecule has 4 aromatic rings. The van der Waals surface area contributed by atoms with Crippen LogP contribution in [-0.2, 0) is 6.54 Å². The number of benzene rings is 1. The number of nitrogens with zero attached hydrogens (tertiary/aromatic N) is 5. The number of anilines is 1. The summed E-state index contributed by atoms with van der Waals surface area (Å²) < 4.78 is 83.2. The van der Waals surface area contributed by atoms with Gasteiger partial charge in [-0.1, -0.05) is 0 Å². The molecule has 5 rings (SSSR count). The second-order valence-electron chi connectivity index (χ2n) is 7.81. The van der Waals surface area contributed by atoms with E-state index in [-0.39, 0.29) is 34.7 Å². The van der Waals surface area contributed by atoms with E-state index < -0.39 is 47.7 Å². The molecule has 1 fully saturated rings. The van der Waals surface area contributed by atoms with Crippen molar-refractivity contribution in [1.29, 1.82) is 0 Å². The molecular formula is C21H14F6N6O. The van der Waals surface area contributed by atoms with Gasteiger partial charge in [-0.2, -0.15) is 10.2 Å². The lowest BCUT2D eigenvalue weighted by Crippen LogP contribution is -2.13. The van der Waals surface area contributed by atoms with Crippen molar-refractivity contribution >= 4 is 17.2 Å². The molecule has 3 aromatic heterocycles. The number of nitrogens with one attached hydrogen (secondary N) is 1. The molecule has 7 nitrogen and oxygen atoms in total. The maximum absolute atomic E-state index is 13.9. The Morgan fingerprint density at radius 1 is 1.09 bits per heavy atom. The molecule has 3 heterocycles. The highest BCUT2D eigenvalue weighted by Gasteiger charge is 2.28. The highest BCUT2D eigenvalue weighted by Crippen LogP contribution is 2.40. The Bertz CT molecular complexity index is 1430. The van der Waals surface area contributed by atoms with Gasteiger partial charge in [-0.15, -0.1) is 0 Å². The molecule has 1 amide bonds. The number of rotatable bonds is 6. The van der Waals surface area contributed by atoms with E-state index in [1.807, 2.05) is 0 Å². The number of fused-ring (bicyclic) bond motifs is 1. The Kier molecular flexibility index (Phi) is 5.25. The molecule has 1 N–H and O–H groups in total. The van der Waals surface area contributed by atoms with Crippen LogP contribution in [0.5, 0.6) is 0 Å². The number of halogens is 6. The van der Waals surface area contributed by atoms with Crippen LogP contribution >= 0.6 is 0 Å². The maximum Gasteiger partial charge on any atom is 0.280 e. The van der Waals surface area contributed by atoms with Gasteiger partial charge in [-0.05, 0) is 18.9 Å². The molecule has 1 aliphatic carbocycles. The first kappa shape index (κ1) is 21.9. The van der Waals surface area contributed by atoms with Gasteiger partial charge < -0.3 is 5.32 Å². The van der Waals surface area contributed by atoms with Crippen LogP contribution in [0.15, 0.2) is 30.6 Å². The van der Waals surface area contributed by atoms with E-state index >= 15 is 0 Å². The number of hydrogen-bond donors (Lipinski definition) is 1. The number of hydrogen-bond acceptors (Lipinski definition) is 4. The van der Waals surface area contributed by atoms with Crippen molar-refractivity contribution in [1.82, 2.24) is 24.4 Å². The van der Waals surface area contributed by atoms with Gasteiger partial charge in [0.25, 0.3) is 12.3 Å². The van der Waals surface area contributed by atoms with Gasteiger partial charge in [0.15, 0.2) is 28.8 Å². The van der Waals surface area contributed by atoms with E-state index in [4.69, 9.17) is 0 Å². The number of aromatic nitrogens is 5. The number of amides is 1. The fourth-order valence-electron chi connectivity index (χ4n) is 3.49. The minimum Gasteiger partial charge on any atom is -0.318 e. The quantitative estimate of drug-likeness (QED) is 0.249. The highest BCUT2D eigenvalue weighted by atomic mass is 19.3. The first-order valence-electron chi connectivity index (χ1n) is 10.1. The van der Waals surface area contributed by atoms with Gasteiger partial charge in [0.05, 0.1) is 18.4 Å². The molecule has 0 bridgehead atoms. The van der Waals surface area contributed by atoms with E-state index in [0.29, 0.717) is 5.69 Å². The molecule has 0 radical (unpaired) electrons. The Morgan fingerprint density at radius 2 is 1.85 bits per heavy atom. The minimum atomic E-state index is -2.82. The zero-order valence-electron chi connectivity index (χ0n) is 17.1. The van der Waals surface area contributed by atoms with Gasteiger partial charge in [0, 0.05) is 35.5 Å². The highest BCUT2D eigenvalue weighted by molar-refractivity contribution is 6.03. The predicted octanol–water partition coefficient (Wildman–Crippen LogP) is 4.60. The van der Waals surface area contributed by atoms with Gasteiger partial charge in [0.2, 0.25) is 0 Å². The SMILES string of the molecule is O=C(Nc1cnn(Cc2c(F)cc(F)c(F)c2F)c1)c1cc2nc(C3CC3)cc(C(F)F)n2n1. The molecule has 0 spiro atoms. The topological polar surface area (TPSA) is 77.1 Å². The fourth-order valence-corrected chi connectivity index (χ4v) is 3.49. The molecule has 1 aromatic carbocycles. The average molecular weight is 480 g/mol. The molecule has 34 heavy (non-hydrogen) atoms. The normalized spacial score (nSPS) is 13.7. The third kappa shape index (κ3) is 3.97. The van der Waals surface area contributed by atoms with Crippen molar-refractivity contribution in [3.8, 4) is 0 Å². The lowest BCUT2D eigenvalue weighted by molar-refractivity contribution is 0.102. The molecule has 0 aliphatic heterocycles. The Hall–Kier alpha value is -3.90. The summed E-state index contributed by atoms with van der Waals surface area (Å²) in [5, 5.41) is 10.2. The van der Waals surface area contributed by atoms with Gasteiger partial charge in [-0.3, -0.25) is 9.48 Å². The number of alkyl halides is 2. The van der Waals surface area contributed by atoms with Crippen molar-refractivity contribution < 1.29 is 31.1 Å². The van der Waals surface area contributed by atoms with Gasteiger partial charge >= 0.3 is 0 Å². The van der Waals surface area contributed by atoms with Gasteiger partial charge in [-0.25, -0.2) is 35.8 Å². The summed E-state index contributed by atoms with van der Waals surface area (Å²) in [5.74, 6) is -7.10. The van der Waals surface area contributed by atoms with Crippen molar-refractivity contribution in [3.63, 3.8) is 0 Å². The summed E-state index contributed by atoms with van der Waals surface area (Å²) in [6.07, 6.45) is 1.24. The molecule has 0 saturated heterocycles. The number of carbonyl (C=O) groups excluding carboxylic acids is 1. The second kappa shape index (κ2) is 8.15. The first-order chi connectivity index (χ1) is 16.2. The maximum atomic E-state index is 13.9. The van der Waals surface area contributed by atoms with E-state index in [2.05, 4.69) is 20.5 Å². The van der Waals surface area contributed by atoms with Crippen molar-refractivity contribution in [2.45, 2.75) is 31.7 Å². The molecule has 13 heteroatoms. The van der Waals surface area contributed by atoms with Crippen LogP contribution in [0, 0.1) is 23.3 Å². The van der Waals surface area contributed by atoms with E-state index in [9.17, 15) is 31.1 Å². The number of carbonyl (C=O) groups is 1. The van der Waals surface area contributed by atoms with Crippen LogP contribution in [0.2, 0.25) is 0 Å². The largest absolute Gasteiger partial charge is 0.318 e. The Balaban J connectivity index is 1.37. The molecule has 176 valence electrons. The van der Waals surface area contributed by atoms with Crippen molar-refractivity contribution in [2.75, 3.05) is 5.32 Å². The third-order valence-corrected chi connectivity index (χ3v) is 5.35. The summed E-state index contributed by atoms with van der Waals surface area (Å²) in [6.45, 7) is -0.579. The zero-order valence-corrected chi connectivity index (χ0v) is 17.1. The van der Waals surface area contributed by atoms with Crippen LogP contribution < -0.4 is 5.32 Å². The summed E-state index contributed by atoms with van der Waals surface area (Å²) in [5.41, 5.74) is -0.608. The Morgan fingerprint density at radius 3 is 2.56 bits per heavy atom. The van der Waals surface area contributed by atoms with E-state index in [1.54, 1.807) is 0 Å². The molecule has 0 unspecified atom stereocenters. The molecule has 1 saturated carbocycles. The summed E-state index contributed by atoms with van der Waals surface area (Å²) in [6, 6.07) is 2.77. The minimum absolute atomic E-state index is 0.0890. The zero-order chi connectivity index (χ0) is 24.1. The monoisotopic (exact) mass is 480 g/mol. The smallest absolute Gasteiger partial charge is 0.280 e. The van der Waals surface area contributed by atoms with E-state index in [0.717, 1.165) is 28.2 Å². The lowest BCUT2D eigenvalue weighted by atomic mass is 10.2. The van der Waals surface area contributed by atoms with Crippen molar-refractivity contribution in [3.05, 3.63) is 76.5 Å². The second-order valence-corrected chi connectivity index (χ2v) is 7.81. The summed E-state index contributed by atoms with van der Waals surface area (Å²) >= 11 is 0. The fraction of sp³-hybridized carbons (Fsp3) is 0.238. The van der Waals surface area contributed by atoms with Crippen LogP contribution in [0.1, 0.15) is 52.6 Å². The van der Waals surface area contributed by atoms with Crippen LogP contribution in [0.3, 0.4) is 0 Å². The lowest BCUT2D eigenvalue weighted by Gasteiger charge is -2.07. The summed E-state index contributed by atoms with van der Waals surface area (Å²) in [4.78, 5) is 16.9. The standard InChI is InChI=1S/C21H14F6N6O/c22-12-3-13(23)19(25)18(24)11(12)8-32-7-10(6-28-32)29-21(34)15-5-17-30-14(9-1-2-9)4-16(20(26)27)33(17)31-15/h3-7,9,20H,1-2,8H2,(H,29,34). The van der Waals surface area contributed by atoms with Crippen molar-refractivity contribution in [2.24, 2.45) is 0 Å². The van der Waals surface area contributed by atoms with Gasteiger partial charge in [0.1, 0.15) is 11.5 Å². The molecule has 1 aliphatic rings. The van der Waals surface area contributed by atoms with Crippen LogP contribution in [0.25, 0.3) is 5.65 Å². The third-order valence-electron chi connectivity index (χ3n) is 5.35. The van der Waals surface area contributed by atoms with Crippen LogP contribution in [-0.4, -0.2) is 30.3 Å². The van der Waals surface area contributed by atoms with E-state index in [1.165, 1.54) is 18.3 Å². The Labute approximate surface area is 187 Å². The first-order valence-corrected chi connectivity index (χ1v) is 10.1. The van der Waals surface area contributed by atoms with Crippen LogP contribution in [0.4, 0.5) is 32.0 Å². The average Bonchev–Trinajstić information content (AvgIpc) is 3.40.